The molecule has 1 aliphatic heterocycles. The minimum atomic E-state index is -0.0406. The Kier molecular flexibility index (Phi) is 6.30. The molecule has 1 amide bonds. The number of fused-ring (bicyclic) bond motifs is 1. The Labute approximate surface area is 197 Å². The number of furan rings is 1. The minimum Gasteiger partial charge on any atom is -0.497 e. The average Bonchev–Trinajstić information content (AvgIpc) is 3.47. The van der Waals surface area contributed by atoms with Crippen LogP contribution < -0.4 is 4.74 Å². The molecule has 0 radical (unpaired) electrons. The quantitative estimate of drug-likeness (QED) is 0.273. The monoisotopic (exact) mass is 459 g/mol. The summed E-state index contributed by atoms with van der Waals surface area (Å²) in [6, 6.07) is 17.8. The van der Waals surface area contributed by atoms with Gasteiger partial charge in [0.2, 0.25) is 0 Å². The van der Waals surface area contributed by atoms with Gasteiger partial charge < -0.3 is 14.1 Å². The Balaban J connectivity index is 1.42. The molecule has 33 heavy (non-hydrogen) atoms. The van der Waals surface area contributed by atoms with E-state index in [1.807, 2.05) is 47.4 Å². The van der Waals surface area contributed by atoms with Gasteiger partial charge in [0.25, 0.3) is 5.91 Å². The molecule has 5 rings (SSSR count). The Bertz CT molecular complexity index is 1260. The summed E-state index contributed by atoms with van der Waals surface area (Å²) in [5, 5.41) is 1.64. The van der Waals surface area contributed by atoms with Crippen LogP contribution in [0.25, 0.3) is 11.0 Å². The molecule has 1 aliphatic rings. The molecular formula is C26H25N3O3S. The third-order valence-corrected chi connectivity index (χ3v) is 6.93. The summed E-state index contributed by atoms with van der Waals surface area (Å²) >= 11 is 1.51. The number of nitrogens with zero attached hydrogens (tertiary/aromatic N) is 3. The summed E-state index contributed by atoms with van der Waals surface area (Å²) in [5.41, 5.74) is 2.80. The zero-order valence-electron chi connectivity index (χ0n) is 18.4. The second-order valence-electron chi connectivity index (χ2n) is 8.08. The Hall–Kier alpha value is -3.32. The number of carbonyl (C=O) groups is 1. The van der Waals surface area contributed by atoms with Crippen LogP contribution in [0.3, 0.4) is 0 Å². The summed E-state index contributed by atoms with van der Waals surface area (Å²) in [7, 11) is 1.67. The molecule has 0 aliphatic carbocycles. The lowest BCUT2D eigenvalue weighted by molar-refractivity contribution is 0.0705. The van der Waals surface area contributed by atoms with Crippen molar-refractivity contribution < 1.29 is 13.9 Å². The highest BCUT2D eigenvalue weighted by Crippen LogP contribution is 2.33. The molecule has 1 saturated heterocycles. The van der Waals surface area contributed by atoms with Crippen molar-refractivity contribution in [3.63, 3.8) is 0 Å². The fourth-order valence-electron chi connectivity index (χ4n) is 4.43. The molecule has 1 unspecified atom stereocenters. The highest BCUT2D eigenvalue weighted by atomic mass is 32.2. The molecule has 1 atom stereocenters. The first kappa shape index (κ1) is 21.5. The van der Waals surface area contributed by atoms with E-state index in [9.17, 15) is 4.79 Å². The van der Waals surface area contributed by atoms with Crippen LogP contribution in [0.2, 0.25) is 0 Å². The largest absolute Gasteiger partial charge is 0.497 e. The molecule has 7 heteroatoms. The van der Waals surface area contributed by atoms with Crippen molar-refractivity contribution in [1.82, 2.24) is 14.9 Å². The van der Waals surface area contributed by atoms with Gasteiger partial charge in [0.05, 0.1) is 7.11 Å². The normalized spacial score (nSPS) is 15.8. The van der Waals surface area contributed by atoms with Gasteiger partial charge in [-0.15, -0.1) is 0 Å². The van der Waals surface area contributed by atoms with Crippen LogP contribution in [0.1, 0.15) is 34.5 Å². The third-order valence-electron chi connectivity index (χ3n) is 6.02. The molecule has 0 bridgehead atoms. The van der Waals surface area contributed by atoms with E-state index in [-0.39, 0.29) is 11.9 Å². The summed E-state index contributed by atoms with van der Waals surface area (Å²) in [4.78, 5) is 24.3. The lowest BCUT2D eigenvalue weighted by Gasteiger charge is -2.24. The highest BCUT2D eigenvalue weighted by Gasteiger charge is 2.33. The van der Waals surface area contributed by atoms with E-state index in [4.69, 9.17) is 9.15 Å². The predicted molar refractivity (Wildman–Crippen MR) is 129 cm³/mol. The van der Waals surface area contributed by atoms with Crippen LogP contribution in [0.4, 0.5) is 0 Å². The number of benzene rings is 2. The number of carbonyl (C=O) groups excluding carboxylic acids is 1. The number of para-hydroxylation sites is 1. The van der Waals surface area contributed by atoms with Crippen molar-refractivity contribution >= 4 is 28.6 Å². The van der Waals surface area contributed by atoms with E-state index in [2.05, 4.69) is 16.0 Å². The molecule has 4 aromatic rings. The van der Waals surface area contributed by atoms with Gasteiger partial charge in [0, 0.05) is 41.7 Å². The highest BCUT2D eigenvalue weighted by molar-refractivity contribution is 7.98. The molecule has 168 valence electrons. The fourth-order valence-corrected chi connectivity index (χ4v) is 5.26. The smallest absolute Gasteiger partial charge is 0.290 e. The van der Waals surface area contributed by atoms with Gasteiger partial charge in [0.15, 0.2) is 10.9 Å². The van der Waals surface area contributed by atoms with E-state index in [1.54, 1.807) is 25.6 Å². The van der Waals surface area contributed by atoms with Crippen molar-refractivity contribution in [2.24, 2.45) is 0 Å². The third kappa shape index (κ3) is 4.59. The van der Waals surface area contributed by atoms with Crippen LogP contribution in [0.5, 0.6) is 5.75 Å². The number of amides is 1. The van der Waals surface area contributed by atoms with Crippen LogP contribution in [-0.4, -0.2) is 40.5 Å². The Morgan fingerprint density at radius 3 is 2.85 bits per heavy atom. The number of thioether (sulfide) groups is 1. The van der Waals surface area contributed by atoms with E-state index >= 15 is 0 Å². The second-order valence-corrected chi connectivity index (χ2v) is 9.02. The SMILES string of the molecule is COc1cccc(CC2CCCN2C(=O)c2oc3ccccc3c2CSc2ncccn2)c1. The van der Waals surface area contributed by atoms with Gasteiger partial charge in [-0.3, -0.25) is 4.79 Å². The molecule has 6 nitrogen and oxygen atoms in total. The van der Waals surface area contributed by atoms with Gasteiger partial charge >= 0.3 is 0 Å². The summed E-state index contributed by atoms with van der Waals surface area (Å²) in [6.07, 6.45) is 6.21. The molecule has 1 fully saturated rings. The predicted octanol–water partition coefficient (Wildman–Crippen LogP) is 5.37. The maximum Gasteiger partial charge on any atom is 0.290 e. The number of ether oxygens (including phenoxy) is 1. The van der Waals surface area contributed by atoms with Crippen molar-refractivity contribution in [2.45, 2.75) is 36.2 Å². The zero-order chi connectivity index (χ0) is 22.6. The summed E-state index contributed by atoms with van der Waals surface area (Å²) in [5.74, 6) is 1.79. The zero-order valence-corrected chi connectivity index (χ0v) is 19.3. The van der Waals surface area contributed by atoms with Crippen LogP contribution in [0, 0.1) is 0 Å². The number of hydrogen-bond acceptors (Lipinski definition) is 6. The topological polar surface area (TPSA) is 68.5 Å². The first-order chi connectivity index (χ1) is 16.2. The van der Waals surface area contributed by atoms with Crippen LogP contribution in [0.15, 0.2) is 76.6 Å². The molecule has 0 spiro atoms. The molecule has 3 heterocycles. The molecular weight excluding hydrogens is 434 g/mol. The summed E-state index contributed by atoms with van der Waals surface area (Å²) in [6.45, 7) is 0.735. The van der Waals surface area contributed by atoms with E-state index in [0.717, 1.165) is 48.1 Å². The molecule has 2 aromatic carbocycles. The maximum absolute atomic E-state index is 13.7. The van der Waals surface area contributed by atoms with E-state index in [1.165, 1.54) is 17.3 Å². The lowest BCUT2D eigenvalue weighted by atomic mass is 10.0. The van der Waals surface area contributed by atoms with Gasteiger partial charge in [0.1, 0.15) is 11.3 Å². The minimum absolute atomic E-state index is 0.0406. The number of hydrogen-bond donors (Lipinski definition) is 0. The van der Waals surface area contributed by atoms with E-state index < -0.39 is 0 Å². The van der Waals surface area contributed by atoms with Crippen molar-refractivity contribution in [1.29, 1.82) is 0 Å². The van der Waals surface area contributed by atoms with Crippen molar-refractivity contribution in [2.75, 3.05) is 13.7 Å². The standard InChI is InChI=1S/C26H25N3O3S/c1-31-20-9-4-7-18(16-20)15-19-8-5-14-29(19)25(30)24-22(17-33-26-27-12-6-13-28-26)21-10-2-3-11-23(21)32-24/h2-4,6-7,9-13,16,19H,5,8,14-15,17H2,1H3. The van der Waals surface area contributed by atoms with Crippen molar-refractivity contribution in [3.8, 4) is 5.75 Å². The fraction of sp³-hybridized carbons (Fsp3) is 0.269. The van der Waals surface area contributed by atoms with E-state index in [0.29, 0.717) is 16.7 Å². The lowest BCUT2D eigenvalue weighted by Crippen LogP contribution is -2.37. The van der Waals surface area contributed by atoms with Gasteiger partial charge in [-0.1, -0.05) is 42.1 Å². The van der Waals surface area contributed by atoms with Crippen LogP contribution in [-0.2, 0) is 12.2 Å². The van der Waals surface area contributed by atoms with Gasteiger partial charge in [-0.2, -0.15) is 0 Å². The molecule has 2 aromatic heterocycles. The maximum atomic E-state index is 13.7. The van der Waals surface area contributed by atoms with Gasteiger partial charge in [-0.25, -0.2) is 9.97 Å². The Morgan fingerprint density at radius 1 is 1.15 bits per heavy atom. The Morgan fingerprint density at radius 2 is 2.00 bits per heavy atom. The molecule has 0 saturated carbocycles. The van der Waals surface area contributed by atoms with Crippen molar-refractivity contribution in [3.05, 3.63) is 83.9 Å². The number of aromatic nitrogens is 2. The first-order valence-corrected chi connectivity index (χ1v) is 12.1. The number of likely N-dealkylation sites (tertiary alicyclic amines) is 1. The second kappa shape index (κ2) is 9.67. The number of rotatable bonds is 7. The first-order valence-electron chi connectivity index (χ1n) is 11.1. The van der Waals surface area contributed by atoms with Gasteiger partial charge in [-0.05, 0) is 49.1 Å². The average molecular weight is 460 g/mol. The van der Waals surface area contributed by atoms with Crippen LogP contribution >= 0.6 is 11.8 Å². The molecule has 0 N–H and O–H groups in total. The summed E-state index contributed by atoms with van der Waals surface area (Å²) < 4.78 is 11.5. The number of methoxy groups -OCH3 is 1.